The van der Waals surface area contributed by atoms with Crippen molar-refractivity contribution in [1.29, 1.82) is 0 Å². The van der Waals surface area contributed by atoms with Crippen molar-refractivity contribution in [2.24, 2.45) is 0 Å². The van der Waals surface area contributed by atoms with E-state index in [2.05, 4.69) is 15.1 Å². The van der Waals surface area contributed by atoms with E-state index in [-0.39, 0.29) is 11.3 Å². The smallest absolute Gasteiger partial charge is 0.266 e. The maximum Gasteiger partial charge on any atom is 0.266 e. The Kier molecular flexibility index (Phi) is 3.69. The molecule has 1 aliphatic heterocycles. The van der Waals surface area contributed by atoms with Gasteiger partial charge in [-0.2, -0.15) is 9.50 Å². The Labute approximate surface area is 174 Å². The zero-order valence-corrected chi connectivity index (χ0v) is 16.1. The largest absolute Gasteiger partial charge is 0.508 e. The van der Waals surface area contributed by atoms with Crippen molar-refractivity contribution in [3.63, 3.8) is 0 Å². The number of benzene rings is 2. The van der Waals surface area contributed by atoms with Gasteiger partial charge in [-0.3, -0.25) is 9.36 Å². The van der Waals surface area contributed by atoms with Crippen molar-refractivity contribution in [3.05, 3.63) is 71.3 Å². The van der Waals surface area contributed by atoms with Crippen molar-refractivity contribution in [2.45, 2.75) is 0 Å². The van der Waals surface area contributed by atoms with Crippen LogP contribution in [-0.4, -0.2) is 42.5 Å². The van der Waals surface area contributed by atoms with E-state index in [1.165, 1.54) is 22.9 Å². The van der Waals surface area contributed by atoms with Gasteiger partial charge in [0.25, 0.3) is 11.3 Å². The average Bonchev–Trinajstić information content (AvgIpc) is 3.25. The second kappa shape index (κ2) is 6.56. The summed E-state index contributed by atoms with van der Waals surface area (Å²) in [5.41, 5.74) is 1.76. The third-order valence-electron chi connectivity index (χ3n) is 5.16. The number of phenols is 1. The Morgan fingerprint density at radius 1 is 0.968 bits per heavy atom. The first kappa shape index (κ1) is 17.5. The molecule has 2 aromatic carbocycles. The van der Waals surface area contributed by atoms with E-state index in [0.29, 0.717) is 52.9 Å². The summed E-state index contributed by atoms with van der Waals surface area (Å²) >= 11 is 0. The van der Waals surface area contributed by atoms with Crippen molar-refractivity contribution < 1.29 is 14.6 Å². The molecule has 0 unspecified atom stereocenters. The molecule has 1 N–H and O–H groups in total. The minimum atomic E-state index is -0.242. The van der Waals surface area contributed by atoms with E-state index >= 15 is 0 Å². The summed E-state index contributed by atoms with van der Waals surface area (Å²) < 4.78 is 14.3. The van der Waals surface area contributed by atoms with E-state index < -0.39 is 0 Å². The molecule has 0 bridgehead atoms. The molecule has 4 heterocycles. The molecule has 9 heteroatoms. The van der Waals surface area contributed by atoms with Gasteiger partial charge in [-0.25, -0.2) is 4.98 Å². The lowest BCUT2D eigenvalue weighted by Crippen LogP contribution is -2.18. The molecule has 1 aliphatic rings. The number of aromatic nitrogens is 5. The first-order valence-corrected chi connectivity index (χ1v) is 9.64. The van der Waals surface area contributed by atoms with Gasteiger partial charge in [0, 0.05) is 23.6 Å². The maximum absolute atomic E-state index is 13.1. The lowest BCUT2D eigenvalue weighted by atomic mass is 10.2. The lowest BCUT2D eigenvalue weighted by molar-refractivity contribution is 0.171. The van der Waals surface area contributed by atoms with Crippen molar-refractivity contribution in [1.82, 2.24) is 24.1 Å². The predicted molar refractivity (Wildman–Crippen MR) is 112 cm³/mol. The van der Waals surface area contributed by atoms with Gasteiger partial charge >= 0.3 is 0 Å². The minimum absolute atomic E-state index is 0.134. The standard InChI is InChI=1S/C22H15N5O4/c28-15-4-2-14(3-5-15)26-8-7-17-16(21(26)29)12-23-22-24-20(25-27(17)22)13-1-6-18-19(11-13)31-10-9-30-18/h1-8,11-12,28H,9-10H2. The van der Waals surface area contributed by atoms with Crippen LogP contribution in [0.25, 0.3) is 33.8 Å². The highest BCUT2D eigenvalue weighted by molar-refractivity contribution is 5.79. The summed E-state index contributed by atoms with van der Waals surface area (Å²) in [4.78, 5) is 21.9. The van der Waals surface area contributed by atoms with Crippen LogP contribution in [0.1, 0.15) is 0 Å². The number of nitrogens with zero attached hydrogens (tertiary/aromatic N) is 5. The summed E-state index contributed by atoms with van der Waals surface area (Å²) in [6, 6.07) is 13.7. The normalized spacial score (nSPS) is 13.0. The molecule has 152 valence electrons. The van der Waals surface area contributed by atoms with Gasteiger partial charge in [0.05, 0.1) is 10.9 Å². The van der Waals surface area contributed by atoms with Crippen molar-refractivity contribution in [2.75, 3.05) is 13.2 Å². The fraction of sp³-hybridized carbons (Fsp3) is 0.0909. The summed E-state index contributed by atoms with van der Waals surface area (Å²) in [6.07, 6.45) is 3.17. The number of aromatic hydroxyl groups is 1. The van der Waals surface area contributed by atoms with Crippen LogP contribution >= 0.6 is 0 Å². The second-order valence-corrected chi connectivity index (χ2v) is 7.07. The van der Waals surface area contributed by atoms with Gasteiger partial charge in [0.1, 0.15) is 19.0 Å². The van der Waals surface area contributed by atoms with E-state index in [1.807, 2.05) is 18.2 Å². The van der Waals surface area contributed by atoms with Crippen LogP contribution in [0.2, 0.25) is 0 Å². The molecule has 0 saturated carbocycles. The molecule has 0 spiro atoms. The van der Waals surface area contributed by atoms with Gasteiger partial charge in [-0.15, -0.1) is 5.10 Å². The molecule has 0 atom stereocenters. The average molecular weight is 413 g/mol. The third-order valence-corrected chi connectivity index (χ3v) is 5.16. The number of rotatable bonds is 2. The van der Waals surface area contributed by atoms with Crippen molar-refractivity contribution >= 4 is 16.7 Å². The SMILES string of the molecule is O=c1c2cnc3nc(-c4ccc5c(c4)OCCO5)nn3c2ccn1-c1ccc(O)cc1. The van der Waals surface area contributed by atoms with Crippen LogP contribution in [0, 0.1) is 0 Å². The van der Waals surface area contributed by atoms with Gasteiger partial charge in [0.2, 0.25) is 0 Å². The number of hydrogen-bond donors (Lipinski definition) is 1. The molecule has 0 saturated heterocycles. The number of phenolic OH excluding ortho intramolecular Hbond substituents is 1. The lowest BCUT2D eigenvalue weighted by Gasteiger charge is -2.18. The van der Waals surface area contributed by atoms with Crippen LogP contribution in [-0.2, 0) is 0 Å². The molecule has 5 aromatic rings. The fourth-order valence-corrected chi connectivity index (χ4v) is 3.64. The third kappa shape index (κ3) is 2.78. The first-order chi connectivity index (χ1) is 15.2. The van der Waals surface area contributed by atoms with E-state index in [1.54, 1.807) is 28.9 Å². The maximum atomic E-state index is 13.1. The quantitative estimate of drug-likeness (QED) is 0.474. The molecule has 0 fully saturated rings. The molecule has 6 rings (SSSR count). The fourth-order valence-electron chi connectivity index (χ4n) is 3.64. The first-order valence-electron chi connectivity index (χ1n) is 9.64. The molecule has 31 heavy (non-hydrogen) atoms. The Hall–Kier alpha value is -4.40. The van der Waals surface area contributed by atoms with Gasteiger partial charge in [-0.05, 0) is 48.5 Å². The molecular weight excluding hydrogens is 398 g/mol. The predicted octanol–water partition coefficient (Wildman–Crippen LogP) is 2.57. The van der Waals surface area contributed by atoms with Gasteiger partial charge in [-0.1, -0.05) is 0 Å². The Morgan fingerprint density at radius 3 is 2.61 bits per heavy atom. The van der Waals surface area contributed by atoms with Gasteiger partial charge < -0.3 is 14.6 Å². The molecule has 0 radical (unpaired) electrons. The topological polar surface area (TPSA) is 104 Å². The highest BCUT2D eigenvalue weighted by Crippen LogP contribution is 2.33. The van der Waals surface area contributed by atoms with Crippen LogP contribution < -0.4 is 15.0 Å². The van der Waals surface area contributed by atoms with Crippen molar-refractivity contribution in [3.8, 4) is 34.3 Å². The number of ether oxygens (including phenoxy) is 2. The highest BCUT2D eigenvalue weighted by atomic mass is 16.6. The summed E-state index contributed by atoms with van der Waals surface area (Å²) in [5.74, 6) is 2.34. The van der Waals surface area contributed by atoms with Crippen LogP contribution in [0.5, 0.6) is 17.2 Å². The molecule has 0 amide bonds. The zero-order valence-electron chi connectivity index (χ0n) is 16.1. The highest BCUT2D eigenvalue weighted by Gasteiger charge is 2.17. The van der Waals surface area contributed by atoms with Crippen LogP contribution in [0.15, 0.2) is 65.7 Å². The van der Waals surface area contributed by atoms with E-state index in [9.17, 15) is 9.90 Å². The zero-order chi connectivity index (χ0) is 20.9. The van der Waals surface area contributed by atoms with E-state index in [4.69, 9.17) is 9.47 Å². The Bertz CT molecular complexity index is 1520. The monoisotopic (exact) mass is 413 g/mol. The van der Waals surface area contributed by atoms with E-state index in [0.717, 1.165) is 5.56 Å². The van der Waals surface area contributed by atoms with Crippen LogP contribution in [0.3, 0.4) is 0 Å². The Balaban J connectivity index is 1.49. The second-order valence-electron chi connectivity index (χ2n) is 7.07. The summed E-state index contributed by atoms with van der Waals surface area (Å²) in [7, 11) is 0. The summed E-state index contributed by atoms with van der Waals surface area (Å²) in [5, 5.41) is 14.5. The molecule has 9 nitrogen and oxygen atoms in total. The van der Waals surface area contributed by atoms with Gasteiger partial charge in [0.15, 0.2) is 17.3 Å². The number of hydrogen-bond acceptors (Lipinski definition) is 7. The number of fused-ring (bicyclic) bond motifs is 4. The van der Waals surface area contributed by atoms with Crippen LogP contribution in [0.4, 0.5) is 0 Å². The Morgan fingerprint density at radius 2 is 1.77 bits per heavy atom. The molecular formula is C22H15N5O4. The molecule has 3 aromatic heterocycles. The number of pyridine rings is 1. The molecule has 0 aliphatic carbocycles. The minimum Gasteiger partial charge on any atom is -0.508 e. The summed E-state index contributed by atoms with van der Waals surface area (Å²) in [6.45, 7) is 1.02.